The number of anilines is 2. The van der Waals surface area contributed by atoms with Crippen LogP contribution in [-0.2, 0) is 11.0 Å². The standard InChI is InChI=1S/C27H28F4N6O2S/c1-35(19-14-21(27(29,30)31)23(15-32)34-16-19)25(39)26(7-4-8-26)37(17-40)18-5-6-22(28)20(13-18)24(38)33-9-12-36-10-2-3-11-36/h5-6,13-14,16-17H,2-4,7-12H2,1H3,(H,33,38). The molecule has 2 heterocycles. The van der Waals surface area contributed by atoms with Gasteiger partial charge in [0.25, 0.3) is 11.8 Å². The first-order valence-corrected chi connectivity index (χ1v) is 13.3. The molecule has 2 fully saturated rings. The van der Waals surface area contributed by atoms with Crippen molar-refractivity contribution < 1.29 is 27.2 Å². The first-order valence-electron chi connectivity index (χ1n) is 12.8. The van der Waals surface area contributed by atoms with Crippen LogP contribution in [0.3, 0.4) is 0 Å². The number of nitriles is 1. The fourth-order valence-electron chi connectivity index (χ4n) is 5.12. The molecule has 1 N–H and O–H groups in total. The van der Waals surface area contributed by atoms with E-state index in [-0.39, 0.29) is 11.3 Å². The van der Waals surface area contributed by atoms with E-state index in [0.29, 0.717) is 44.1 Å². The van der Waals surface area contributed by atoms with Crippen LogP contribution >= 0.6 is 12.2 Å². The average Bonchev–Trinajstić information content (AvgIpc) is 3.43. The molecule has 4 rings (SSSR count). The van der Waals surface area contributed by atoms with Crippen molar-refractivity contribution >= 4 is 40.9 Å². The summed E-state index contributed by atoms with van der Waals surface area (Å²) in [5, 5.41) is 11.8. The fraction of sp³-hybridized carbons (Fsp3) is 0.444. The Kier molecular flexibility index (Phi) is 8.70. The van der Waals surface area contributed by atoms with E-state index in [1.807, 2.05) is 0 Å². The van der Waals surface area contributed by atoms with Gasteiger partial charge in [-0.2, -0.15) is 18.4 Å². The molecule has 1 aromatic carbocycles. The zero-order valence-corrected chi connectivity index (χ0v) is 22.6. The molecule has 0 radical (unpaired) electrons. The molecule has 1 aromatic heterocycles. The summed E-state index contributed by atoms with van der Waals surface area (Å²) in [6.07, 6.45) is -0.294. The molecule has 8 nitrogen and oxygen atoms in total. The molecule has 0 unspecified atom stereocenters. The molecule has 0 atom stereocenters. The van der Waals surface area contributed by atoms with Crippen LogP contribution in [0.15, 0.2) is 30.5 Å². The smallest absolute Gasteiger partial charge is 0.351 e. The highest BCUT2D eigenvalue weighted by Crippen LogP contribution is 2.43. The van der Waals surface area contributed by atoms with Gasteiger partial charge in [0.1, 0.15) is 17.4 Å². The molecular formula is C27H28F4N6O2S. The van der Waals surface area contributed by atoms with E-state index in [0.717, 1.165) is 43.1 Å². The van der Waals surface area contributed by atoms with E-state index >= 15 is 0 Å². The van der Waals surface area contributed by atoms with Gasteiger partial charge in [-0.05, 0) is 69.5 Å². The number of likely N-dealkylation sites (N-methyl/N-ethyl adjacent to an activating group) is 1. The number of hydrogen-bond acceptors (Lipinski definition) is 6. The number of thiocarbonyl (C=S) groups is 1. The first kappa shape index (κ1) is 29.4. The van der Waals surface area contributed by atoms with Crippen LogP contribution in [0.4, 0.5) is 28.9 Å². The number of nitrogens with one attached hydrogen (secondary N) is 1. The van der Waals surface area contributed by atoms with Crippen molar-refractivity contribution in [2.45, 2.75) is 43.8 Å². The Labute approximate surface area is 234 Å². The van der Waals surface area contributed by atoms with E-state index in [1.165, 1.54) is 35.6 Å². The summed E-state index contributed by atoms with van der Waals surface area (Å²) in [6.45, 7) is 2.93. The van der Waals surface area contributed by atoms with Crippen LogP contribution in [-0.4, -0.2) is 66.0 Å². The maximum absolute atomic E-state index is 14.7. The number of hydrogen-bond donors (Lipinski definition) is 1. The fourth-order valence-corrected chi connectivity index (χ4v) is 5.44. The highest BCUT2D eigenvalue weighted by Gasteiger charge is 2.51. The summed E-state index contributed by atoms with van der Waals surface area (Å²) < 4.78 is 55.2. The lowest BCUT2D eigenvalue weighted by molar-refractivity contribution is -0.138. The molecule has 1 aliphatic carbocycles. The van der Waals surface area contributed by atoms with Gasteiger partial charge in [0, 0.05) is 25.8 Å². The lowest BCUT2D eigenvalue weighted by atomic mass is 9.74. The maximum atomic E-state index is 14.7. The van der Waals surface area contributed by atoms with Crippen LogP contribution in [0.1, 0.15) is 53.7 Å². The number of benzene rings is 1. The van der Waals surface area contributed by atoms with Gasteiger partial charge in [0.05, 0.1) is 28.5 Å². The highest BCUT2D eigenvalue weighted by atomic mass is 32.1. The molecule has 13 heteroatoms. The van der Waals surface area contributed by atoms with Crippen LogP contribution in [0.5, 0.6) is 0 Å². The second kappa shape index (κ2) is 11.9. The van der Waals surface area contributed by atoms with Gasteiger partial charge in [0.2, 0.25) is 0 Å². The highest BCUT2D eigenvalue weighted by molar-refractivity contribution is 7.79. The summed E-state index contributed by atoms with van der Waals surface area (Å²) in [5.41, 5.74) is -2.13. The summed E-state index contributed by atoms with van der Waals surface area (Å²) >= 11 is 5.23. The SMILES string of the molecule is CN(C(=O)C1(N(C=S)c2ccc(F)c(C(=O)NCCN3CCCC3)c2)CCC1)c1cnc(C#N)c(C(F)(F)F)c1. The third kappa shape index (κ3) is 5.78. The number of aromatic nitrogens is 1. The van der Waals surface area contributed by atoms with Crippen LogP contribution < -0.4 is 15.1 Å². The largest absolute Gasteiger partial charge is 0.419 e. The van der Waals surface area contributed by atoms with Crippen molar-refractivity contribution in [1.82, 2.24) is 15.2 Å². The average molecular weight is 577 g/mol. The van der Waals surface area contributed by atoms with Gasteiger partial charge in [-0.3, -0.25) is 9.59 Å². The number of rotatable bonds is 9. The Morgan fingerprint density at radius 3 is 2.48 bits per heavy atom. The van der Waals surface area contributed by atoms with Crippen molar-refractivity contribution in [3.8, 4) is 6.07 Å². The topological polar surface area (TPSA) is 92.6 Å². The van der Waals surface area contributed by atoms with Crippen LogP contribution in [0.25, 0.3) is 0 Å². The van der Waals surface area contributed by atoms with Gasteiger partial charge < -0.3 is 20.0 Å². The monoisotopic (exact) mass is 576 g/mol. The number of halogens is 4. The molecule has 1 saturated carbocycles. The Hall–Kier alpha value is -3.63. The number of alkyl halides is 3. The van der Waals surface area contributed by atoms with Crippen molar-refractivity contribution in [2.24, 2.45) is 0 Å². The molecule has 212 valence electrons. The number of pyridine rings is 1. The number of carbonyl (C=O) groups is 2. The normalized spacial score (nSPS) is 16.5. The number of nitrogens with zero attached hydrogens (tertiary/aromatic N) is 5. The van der Waals surface area contributed by atoms with Crippen LogP contribution in [0, 0.1) is 17.1 Å². The number of carbonyl (C=O) groups excluding carboxylic acids is 2. The third-order valence-electron chi connectivity index (χ3n) is 7.51. The Balaban J connectivity index is 1.58. The molecule has 40 heavy (non-hydrogen) atoms. The molecule has 1 aliphatic heterocycles. The van der Waals surface area contributed by atoms with Gasteiger partial charge in [-0.15, -0.1) is 0 Å². The van der Waals surface area contributed by atoms with Crippen molar-refractivity contribution in [3.63, 3.8) is 0 Å². The minimum absolute atomic E-state index is 0.149. The van der Waals surface area contributed by atoms with Crippen molar-refractivity contribution in [1.29, 1.82) is 5.26 Å². The summed E-state index contributed by atoms with van der Waals surface area (Å²) in [7, 11) is 1.32. The zero-order chi connectivity index (χ0) is 29.1. The third-order valence-corrected chi connectivity index (χ3v) is 7.72. The van der Waals surface area contributed by atoms with Crippen molar-refractivity contribution in [3.05, 3.63) is 53.1 Å². The number of likely N-dealkylation sites (tertiary alicyclic amines) is 1. The summed E-state index contributed by atoms with van der Waals surface area (Å²) in [6, 6.07) is 5.97. The van der Waals surface area contributed by atoms with Gasteiger partial charge in [-0.25, -0.2) is 9.37 Å². The second-order valence-electron chi connectivity index (χ2n) is 9.89. The quantitative estimate of drug-likeness (QED) is 0.352. The molecule has 0 bridgehead atoms. The van der Waals surface area contributed by atoms with Crippen LogP contribution in [0.2, 0.25) is 0 Å². The van der Waals surface area contributed by atoms with Gasteiger partial charge in [0.15, 0.2) is 5.69 Å². The lowest BCUT2D eigenvalue weighted by Crippen LogP contribution is -2.63. The second-order valence-corrected chi connectivity index (χ2v) is 10.1. The molecule has 2 aliphatic rings. The Bertz CT molecular complexity index is 1340. The zero-order valence-electron chi connectivity index (χ0n) is 21.8. The van der Waals surface area contributed by atoms with Gasteiger partial charge in [-0.1, -0.05) is 12.2 Å². The molecule has 2 amide bonds. The minimum atomic E-state index is -4.84. The van der Waals surface area contributed by atoms with E-state index < -0.39 is 40.6 Å². The lowest BCUT2D eigenvalue weighted by Gasteiger charge is -2.49. The van der Waals surface area contributed by atoms with E-state index in [9.17, 15) is 27.2 Å². The maximum Gasteiger partial charge on any atom is 0.419 e. The predicted molar refractivity (Wildman–Crippen MR) is 144 cm³/mol. The van der Waals surface area contributed by atoms with Gasteiger partial charge >= 0.3 is 6.18 Å². The Morgan fingerprint density at radius 1 is 1.20 bits per heavy atom. The molecule has 1 saturated heterocycles. The van der Waals surface area contributed by atoms with E-state index in [2.05, 4.69) is 15.2 Å². The Morgan fingerprint density at radius 2 is 1.90 bits per heavy atom. The van der Waals surface area contributed by atoms with E-state index in [4.69, 9.17) is 17.5 Å². The number of amides is 2. The van der Waals surface area contributed by atoms with E-state index in [1.54, 1.807) is 0 Å². The minimum Gasteiger partial charge on any atom is -0.351 e. The molecule has 0 spiro atoms. The summed E-state index contributed by atoms with van der Waals surface area (Å²) in [5.74, 6) is -1.89. The molecule has 2 aromatic rings. The molecular weight excluding hydrogens is 548 g/mol. The van der Waals surface area contributed by atoms with Crippen molar-refractivity contribution in [2.75, 3.05) is 43.0 Å². The first-order chi connectivity index (χ1) is 19.0. The predicted octanol–water partition coefficient (Wildman–Crippen LogP) is 4.29. The summed E-state index contributed by atoms with van der Waals surface area (Å²) in [4.78, 5) is 34.9.